The summed E-state index contributed by atoms with van der Waals surface area (Å²) >= 11 is 1.51. The van der Waals surface area contributed by atoms with E-state index in [-0.39, 0.29) is 23.1 Å². The molecule has 1 aromatic carbocycles. The molecular weight excluding hydrogens is 296 g/mol. The number of thioether (sulfide) groups is 1. The molecule has 1 fully saturated rings. The van der Waals surface area contributed by atoms with Gasteiger partial charge < -0.3 is 4.74 Å². The van der Waals surface area contributed by atoms with Crippen LogP contribution in [0.5, 0.6) is 0 Å². The molecule has 8 nitrogen and oxygen atoms in total. The van der Waals surface area contributed by atoms with Crippen molar-refractivity contribution in [1.82, 2.24) is 0 Å². The second kappa shape index (κ2) is 5.32. The molecule has 21 heavy (non-hydrogen) atoms. The van der Waals surface area contributed by atoms with Crippen molar-refractivity contribution in [3.05, 3.63) is 34.4 Å². The number of rotatable bonds is 4. The van der Waals surface area contributed by atoms with Crippen molar-refractivity contribution in [1.29, 1.82) is 0 Å². The molecule has 1 saturated heterocycles. The molecule has 0 radical (unpaired) electrons. The fourth-order valence-electron chi connectivity index (χ4n) is 2.33. The molecule has 2 aliphatic rings. The molecule has 0 aliphatic carbocycles. The van der Waals surface area contributed by atoms with Crippen LogP contribution in [0.2, 0.25) is 0 Å². The molecule has 0 spiro atoms. The minimum absolute atomic E-state index is 0.00432. The Balaban J connectivity index is 1.86. The quantitative estimate of drug-likeness (QED) is 0.480. The van der Waals surface area contributed by atoms with Crippen molar-refractivity contribution in [2.75, 3.05) is 10.8 Å². The Bertz CT molecular complexity index is 606. The maximum atomic E-state index is 11.8. The molecule has 0 aromatic heterocycles. The first-order valence-corrected chi connectivity index (χ1v) is 7.43. The Kier molecular flexibility index (Phi) is 3.50. The zero-order valence-electron chi connectivity index (χ0n) is 11.1. The summed E-state index contributed by atoms with van der Waals surface area (Å²) in [5, 5.41) is 20.3. The molecule has 0 saturated carbocycles. The highest BCUT2D eigenvalue weighted by molar-refractivity contribution is 7.99. The predicted octanol–water partition coefficient (Wildman–Crippen LogP) is 2.16. The van der Waals surface area contributed by atoms with Crippen LogP contribution in [0.1, 0.15) is 6.92 Å². The fourth-order valence-corrected chi connectivity index (χ4v) is 3.28. The number of non-ortho nitro benzene ring substituents is 1. The number of fused-ring (bicyclic) bond motifs is 1. The Hall–Kier alpha value is -2.16. The lowest BCUT2D eigenvalue weighted by Gasteiger charge is -2.23. The molecule has 0 N–H and O–H groups in total. The van der Waals surface area contributed by atoms with Crippen LogP contribution < -0.4 is 5.01 Å². The van der Waals surface area contributed by atoms with Crippen LogP contribution in [-0.4, -0.2) is 34.2 Å². The van der Waals surface area contributed by atoms with Crippen molar-refractivity contribution < 1.29 is 14.5 Å². The molecule has 2 heterocycles. The second-order valence-electron chi connectivity index (χ2n) is 4.52. The van der Waals surface area contributed by atoms with E-state index >= 15 is 0 Å². The molecule has 1 aromatic rings. The average Bonchev–Trinajstić information content (AvgIpc) is 3.02. The van der Waals surface area contributed by atoms with Crippen molar-refractivity contribution in [3.63, 3.8) is 0 Å². The number of nitrogens with zero attached hydrogens (tertiary/aromatic N) is 4. The highest BCUT2D eigenvalue weighted by atomic mass is 32.2. The summed E-state index contributed by atoms with van der Waals surface area (Å²) in [5.74, 6) is 0.425. The lowest BCUT2D eigenvalue weighted by molar-refractivity contribution is -0.384. The average molecular weight is 308 g/mol. The summed E-state index contributed by atoms with van der Waals surface area (Å²) in [6.07, 6.45) is 0. The maximum absolute atomic E-state index is 11.8. The van der Waals surface area contributed by atoms with Crippen LogP contribution in [0.15, 0.2) is 34.6 Å². The molecule has 0 unspecified atom stereocenters. The lowest BCUT2D eigenvalue weighted by Crippen LogP contribution is -2.38. The maximum Gasteiger partial charge on any atom is 0.336 e. The van der Waals surface area contributed by atoms with E-state index in [2.05, 4.69) is 10.3 Å². The normalized spacial score (nSPS) is 26.8. The van der Waals surface area contributed by atoms with Crippen LogP contribution >= 0.6 is 11.8 Å². The predicted molar refractivity (Wildman–Crippen MR) is 76.0 cm³/mol. The highest BCUT2D eigenvalue weighted by Crippen LogP contribution is 2.38. The molecule has 9 heteroatoms. The van der Waals surface area contributed by atoms with E-state index < -0.39 is 11.0 Å². The number of benzene rings is 1. The third kappa shape index (κ3) is 2.33. The van der Waals surface area contributed by atoms with Gasteiger partial charge in [-0.1, -0.05) is 12.1 Å². The van der Waals surface area contributed by atoms with Gasteiger partial charge in [0.1, 0.15) is 6.04 Å². The molecule has 3 rings (SSSR count). The number of carbonyl (C=O) groups excluding carboxylic acids is 1. The van der Waals surface area contributed by atoms with Crippen molar-refractivity contribution in [2.45, 2.75) is 24.4 Å². The monoisotopic (exact) mass is 308 g/mol. The van der Waals surface area contributed by atoms with Gasteiger partial charge in [0.25, 0.3) is 5.69 Å². The van der Waals surface area contributed by atoms with Crippen LogP contribution in [0.3, 0.4) is 0 Å². The topological polar surface area (TPSA) is 97.4 Å². The number of esters is 1. The van der Waals surface area contributed by atoms with E-state index in [0.29, 0.717) is 5.69 Å². The van der Waals surface area contributed by atoms with Crippen LogP contribution in [0.25, 0.3) is 0 Å². The number of anilines is 1. The molecule has 0 amide bonds. The van der Waals surface area contributed by atoms with Crippen molar-refractivity contribution in [3.8, 4) is 0 Å². The van der Waals surface area contributed by atoms with E-state index in [1.807, 2.05) is 6.92 Å². The Morgan fingerprint density at radius 3 is 2.76 bits per heavy atom. The second-order valence-corrected chi connectivity index (χ2v) is 5.89. The van der Waals surface area contributed by atoms with Gasteiger partial charge in [0.05, 0.1) is 10.6 Å². The molecular formula is C12H12N4O4S. The summed E-state index contributed by atoms with van der Waals surface area (Å²) in [7, 11) is 0. The lowest BCUT2D eigenvalue weighted by atomic mass is 10.1. The van der Waals surface area contributed by atoms with Crippen LogP contribution in [0.4, 0.5) is 11.4 Å². The highest BCUT2D eigenvalue weighted by Gasteiger charge is 2.52. The third-order valence-electron chi connectivity index (χ3n) is 3.29. The van der Waals surface area contributed by atoms with Crippen molar-refractivity contribution >= 4 is 29.1 Å². The zero-order chi connectivity index (χ0) is 15.0. The van der Waals surface area contributed by atoms with E-state index in [9.17, 15) is 14.9 Å². The molecule has 3 atom stereocenters. The summed E-state index contributed by atoms with van der Waals surface area (Å²) in [6.45, 7) is 1.98. The van der Waals surface area contributed by atoms with Gasteiger partial charge in [-0.15, -0.1) is 11.8 Å². The molecule has 2 aliphatic heterocycles. The van der Waals surface area contributed by atoms with E-state index in [4.69, 9.17) is 4.74 Å². The number of hydrogen-bond acceptors (Lipinski definition) is 8. The van der Waals surface area contributed by atoms with Gasteiger partial charge in [-0.3, -0.25) is 10.1 Å². The molecule has 0 bridgehead atoms. The number of cyclic esters (lactones) is 1. The Labute approximate surface area is 124 Å². The van der Waals surface area contributed by atoms with Gasteiger partial charge in [0.2, 0.25) is 0 Å². The number of hydrogen-bond donors (Lipinski definition) is 0. The zero-order valence-corrected chi connectivity index (χ0v) is 11.9. The van der Waals surface area contributed by atoms with Gasteiger partial charge in [-0.2, -0.15) is 5.11 Å². The standard InChI is InChI=1S/C12H12N4O4S/c1-2-21-12-10-9(11(17)20-12)13-14-15(10)7-3-5-8(6-4-7)16(18)19/h3-6,9-10,12H,2H2,1H3/t9-,10+,12-/m0/s1. The minimum atomic E-state index is -0.621. The number of ether oxygens (including phenoxy) is 1. The van der Waals surface area contributed by atoms with E-state index in [1.54, 1.807) is 17.1 Å². The van der Waals surface area contributed by atoms with Crippen LogP contribution in [-0.2, 0) is 9.53 Å². The van der Waals surface area contributed by atoms with Gasteiger partial charge in [-0.25, -0.2) is 9.80 Å². The first-order valence-electron chi connectivity index (χ1n) is 6.38. The Morgan fingerprint density at radius 1 is 1.43 bits per heavy atom. The van der Waals surface area contributed by atoms with E-state index in [0.717, 1.165) is 5.75 Å². The van der Waals surface area contributed by atoms with Gasteiger partial charge in [0.15, 0.2) is 11.5 Å². The number of nitro benzene ring substituents is 1. The number of nitro groups is 1. The summed E-state index contributed by atoms with van der Waals surface area (Å²) in [6, 6.07) is 5.06. The fraction of sp³-hybridized carbons (Fsp3) is 0.417. The first-order chi connectivity index (χ1) is 10.1. The molecule has 110 valence electrons. The summed E-state index contributed by atoms with van der Waals surface area (Å²) in [4.78, 5) is 22.0. The van der Waals surface area contributed by atoms with Crippen molar-refractivity contribution in [2.24, 2.45) is 10.3 Å². The smallest absolute Gasteiger partial charge is 0.336 e. The van der Waals surface area contributed by atoms with Gasteiger partial charge >= 0.3 is 5.97 Å². The summed E-state index contributed by atoms with van der Waals surface area (Å²) in [5.41, 5.74) is 0.319. The minimum Gasteiger partial charge on any atom is -0.447 e. The van der Waals surface area contributed by atoms with Gasteiger partial charge in [0, 0.05) is 12.1 Å². The Morgan fingerprint density at radius 2 is 2.14 bits per heavy atom. The van der Waals surface area contributed by atoms with Gasteiger partial charge in [-0.05, 0) is 17.9 Å². The summed E-state index contributed by atoms with van der Waals surface area (Å²) < 4.78 is 5.30. The largest absolute Gasteiger partial charge is 0.447 e. The first kappa shape index (κ1) is 13.8. The third-order valence-corrected chi connectivity index (χ3v) is 4.32. The number of carbonyl (C=O) groups is 1. The van der Waals surface area contributed by atoms with E-state index in [1.165, 1.54) is 23.9 Å². The SMILES string of the molecule is CCS[C@@H]1OC(=O)[C@H]2N=NN(c3ccc([N+](=O)[O-])cc3)[C@H]21. The van der Waals surface area contributed by atoms with Crippen LogP contribution in [0, 0.1) is 10.1 Å².